The fourth-order valence-electron chi connectivity index (χ4n) is 1.82. The van der Waals surface area contributed by atoms with E-state index in [0.717, 1.165) is 6.42 Å². The first kappa shape index (κ1) is 13.0. The number of likely N-dealkylation sites (N-methyl/N-ethyl adjacent to an activating group) is 1. The van der Waals surface area contributed by atoms with Crippen LogP contribution in [0, 0.1) is 0 Å². The molecule has 92 valence electrons. The van der Waals surface area contributed by atoms with Crippen molar-refractivity contribution in [3.05, 3.63) is 0 Å². The molecule has 1 amide bonds. The Kier molecular flexibility index (Phi) is 4.29. The van der Waals surface area contributed by atoms with E-state index >= 15 is 0 Å². The smallest absolute Gasteiger partial charge is 0.325 e. The molecule has 1 aliphatic rings. The third-order valence-corrected chi connectivity index (χ3v) is 2.69. The van der Waals surface area contributed by atoms with Gasteiger partial charge in [0.25, 0.3) is 5.91 Å². The monoisotopic (exact) mass is 229 g/mol. The van der Waals surface area contributed by atoms with E-state index in [1.807, 2.05) is 0 Å². The molecule has 0 aromatic heterocycles. The predicted octanol–water partition coefficient (Wildman–Crippen LogP) is 0.577. The number of hydrogen-bond acceptors (Lipinski definition) is 4. The Morgan fingerprint density at radius 3 is 2.69 bits per heavy atom. The van der Waals surface area contributed by atoms with Crippen molar-refractivity contribution < 1.29 is 19.1 Å². The predicted molar refractivity (Wildman–Crippen MR) is 57.9 cm³/mol. The molecule has 0 N–H and O–H groups in total. The molecular weight excluding hydrogens is 210 g/mol. The summed E-state index contributed by atoms with van der Waals surface area (Å²) in [6, 6.07) is 0. The van der Waals surface area contributed by atoms with Gasteiger partial charge in [0.05, 0.1) is 6.61 Å². The Labute approximate surface area is 95.7 Å². The summed E-state index contributed by atoms with van der Waals surface area (Å²) >= 11 is 0. The molecule has 0 radical (unpaired) electrons. The first-order valence-electron chi connectivity index (χ1n) is 5.55. The van der Waals surface area contributed by atoms with Gasteiger partial charge >= 0.3 is 5.97 Å². The molecule has 0 aliphatic carbocycles. The average Bonchev–Trinajstić information content (AvgIpc) is 2.65. The fourth-order valence-corrected chi connectivity index (χ4v) is 1.82. The average molecular weight is 229 g/mol. The SMILES string of the molecule is CCOC(=O)CN(C)C(=O)C1(C)CCCO1. The van der Waals surface area contributed by atoms with Crippen LogP contribution in [-0.2, 0) is 19.1 Å². The van der Waals surface area contributed by atoms with E-state index in [0.29, 0.717) is 19.6 Å². The summed E-state index contributed by atoms with van der Waals surface area (Å²) in [4.78, 5) is 24.6. The van der Waals surface area contributed by atoms with Crippen LogP contribution < -0.4 is 0 Å². The van der Waals surface area contributed by atoms with Crippen LogP contribution in [0.5, 0.6) is 0 Å². The molecule has 16 heavy (non-hydrogen) atoms. The van der Waals surface area contributed by atoms with Crippen molar-refractivity contribution in [2.45, 2.75) is 32.3 Å². The highest BCUT2D eigenvalue weighted by Crippen LogP contribution is 2.26. The van der Waals surface area contributed by atoms with Crippen LogP contribution in [0.15, 0.2) is 0 Å². The minimum Gasteiger partial charge on any atom is -0.465 e. The number of hydrogen-bond donors (Lipinski definition) is 0. The second-order valence-electron chi connectivity index (χ2n) is 4.15. The second-order valence-corrected chi connectivity index (χ2v) is 4.15. The van der Waals surface area contributed by atoms with Gasteiger partial charge in [0.2, 0.25) is 0 Å². The highest BCUT2D eigenvalue weighted by Gasteiger charge is 2.40. The van der Waals surface area contributed by atoms with Gasteiger partial charge in [-0.25, -0.2) is 0 Å². The molecule has 5 heteroatoms. The van der Waals surface area contributed by atoms with Crippen LogP contribution in [0.4, 0.5) is 0 Å². The van der Waals surface area contributed by atoms with Crippen molar-refractivity contribution in [1.29, 1.82) is 0 Å². The molecule has 0 saturated carbocycles. The quantitative estimate of drug-likeness (QED) is 0.662. The van der Waals surface area contributed by atoms with Crippen LogP contribution in [-0.4, -0.2) is 49.2 Å². The lowest BCUT2D eigenvalue weighted by atomic mass is 10.0. The molecule has 0 bridgehead atoms. The van der Waals surface area contributed by atoms with Gasteiger partial charge in [0, 0.05) is 13.7 Å². The molecule has 1 heterocycles. The summed E-state index contributed by atoms with van der Waals surface area (Å²) in [5, 5.41) is 0. The van der Waals surface area contributed by atoms with E-state index in [1.165, 1.54) is 4.90 Å². The summed E-state index contributed by atoms with van der Waals surface area (Å²) in [6.45, 7) is 4.42. The number of carbonyl (C=O) groups excluding carboxylic acids is 2. The van der Waals surface area contributed by atoms with Crippen molar-refractivity contribution in [2.75, 3.05) is 26.8 Å². The molecule has 1 atom stereocenters. The minimum absolute atomic E-state index is 0.0222. The van der Waals surface area contributed by atoms with Crippen molar-refractivity contribution in [3.8, 4) is 0 Å². The highest BCUT2D eigenvalue weighted by molar-refractivity contribution is 5.88. The zero-order valence-electron chi connectivity index (χ0n) is 10.1. The summed E-state index contributed by atoms with van der Waals surface area (Å²) in [7, 11) is 1.59. The molecular formula is C11H19NO4. The first-order chi connectivity index (χ1) is 7.49. The Bertz CT molecular complexity index is 271. The normalized spacial score (nSPS) is 24.2. The Balaban J connectivity index is 2.50. The van der Waals surface area contributed by atoms with E-state index in [4.69, 9.17) is 9.47 Å². The van der Waals surface area contributed by atoms with Crippen molar-refractivity contribution >= 4 is 11.9 Å². The molecule has 0 spiro atoms. The third kappa shape index (κ3) is 2.95. The summed E-state index contributed by atoms with van der Waals surface area (Å²) in [5.41, 5.74) is -0.763. The van der Waals surface area contributed by atoms with Gasteiger partial charge in [0.15, 0.2) is 0 Å². The standard InChI is InChI=1S/C11H19NO4/c1-4-15-9(13)8-12(3)10(14)11(2)6-5-7-16-11/h4-8H2,1-3H3. The summed E-state index contributed by atoms with van der Waals surface area (Å²) < 4.78 is 10.2. The Morgan fingerprint density at radius 2 is 2.19 bits per heavy atom. The van der Waals surface area contributed by atoms with Crippen molar-refractivity contribution in [1.82, 2.24) is 4.90 Å². The van der Waals surface area contributed by atoms with E-state index in [1.54, 1.807) is 20.9 Å². The maximum atomic E-state index is 12.0. The first-order valence-corrected chi connectivity index (χ1v) is 5.55. The van der Waals surface area contributed by atoms with Gasteiger partial charge in [-0.05, 0) is 26.7 Å². The Hall–Kier alpha value is -1.10. The topological polar surface area (TPSA) is 55.8 Å². The second kappa shape index (κ2) is 5.30. The minimum atomic E-state index is -0.763. The Morgan fingerprint density at radius 1 is 1.50 bits per heavy atom. The molecule has 1 unspecified atom stereocenters. The zero-order valence-corrected chi connectivity index (χ0v) is 10.1. The molecule has 0 aromatic carbocycles. The van der Waals surface area contributed by atoms with E-state index in [2.05, 4.69) is 0 Å². The van der Waals surface area contributed by atoms with Crippen LogP contribution in [0.25, 0.3) is 0 Å². The lowest BCUT2D eigenvalue weighted by Gasteiger charge is -2.27. The van der Waals surface area contributed by atoms with Gasteiger partial charge in [-0.1, -0.05) is 0 Å². The molecule has 1 saturated heterocycles. The molecule has 0 aromatic rings. The van der Waals surface area contributed by atoms with E-state index < -0.39 is 5.60 Å². The van der Waals surface area contributed by atoms with Crippen LogP contribution >= 0.6 is 0 Å². The number of amides is 1. The number of nitrogens with zero attached hydrogens (tertiary/aromatic N) is 1. The van der Waals surface area contributed by atoms with Gasteiger partial charge in [-0.2, -0.15) is 0 Å². The van der Waals surface area contributed by atoms with Crippen LogP contribution in [0.1, 0.15) is 26.7 Å². The maximum Gasteiger partial charge on any atom is 0.325 e. The molecule has 1 rings (SSSR count). The highest BCUT2D eigenvalue weighted by atomic mass is 16.5. The number of rotatable bonds is 4. The van der Waals surface area contributed by atoms with Gasteiger partial charge in [-0.15, -0.1) is 0 Å². The summed E-state index contributed by atoms with van der Waals surface area (Å²) in [6.07, 6.45) is 1.59. The van der Waals surface area contributed by atoms with Gasteiger partial charge in [-0.3, -0.25) is 9.59 Å². The lowest BCUT2D eigenvalue weighted by molar-refractivity contribution is -0.156. The zero-order chi connectivity index (χ0) is 12.2. The van der Waals surface area contributed by atoms with Crippen molar-refractivity contribution in [2.24, 2.45) is 0 Å². The largest absolute Gasteiger partial charge is 0.465 e. The van der Waals surface area contributed by atoms with E-state index in [9.17, 15) is 9.59 Å². The van der Waals surface area contributed by atoms with Gasteiger partial charge in [0.1, 0.15) is 12.1 Å². The lowest BCUT2D eigenvalue weighted by Crippen LogP contribution is -2.46. The summed E-state index contributed by atoms with van der Waals surface area (Å²) in [5.74, 6) is -0.544. The van der Waals surface area contributed by atoms with Crippen LogP contribution in [0.3, 0.4) is 0 Å². The number of ether oxygens (including phenoxy) is 2. The maximum absolute atomic E-state index is 12.0. The fraction of sp³-hybridized carbons (Fsp3) is 0.818. The van der Waals surface area contributed by atoms with Crippen molar-refractivity contribution in [3.63, 3.8) is 0 Å². The third-order valence-electron chi connectivity index (χ3n) is 2.69. The van der Waals surface area contributed by atoms with Gasteiger partial charge < -0.3 is 14.4 Å². The number of carbonyl (C=O) groups is 2. The van der Waals surface area contributed by atoms with E-state index in [-0.39, 0.29) is 18.4 Å². The molecule has 1 fully saturated rings. The molecule has 5 nitrogen and oxygen atoms in total. The van der Waals surface area contributed by atoms with Crippen LogP contribution in [0.2, 0.25) is 0 Å². The molecule has 1 aliphatic heterocycles. The number of esters is 1.